The Hall–Kier alpha value is -5.05. The molecule has 2 aromatic heterocycles. The van der Waals surface area contributed by atoms with Gasteiger partial charge in [-0.2, -0.15) is 5.10 Å². The van der Waals surface area contributed by atoms with Crippen molar-refractivity contribution in [1.29, 1.82) is 0 Å². The van der Waals surface area contributed by atoms with Gasteiger partial charge in [-0.15, -0.1) is 0 Å². The zero-order valence-electron chi connectivity index (χ0n) is 19.8. The van der Waals surface area contributed by atoms with Crippen LogP contribution in [0.1, 0.15) is 21.6 Å². The number of nitrogens with one attached hydrogen (secondary N) is 1. The highest BCUT2D eigenvalue weighted by Gasteiger charge is 2.22. The van der Waals surface area contributed by atoms with Crippen molar-refractivity contribution in [1.82, 2.24) is 19.7 Å². The van der Waals surface area contributed by atoms with Gasteiger partial charge in [-0.25, -0.2) is 4.57 Å². The number of nitro groups is 1. The topological polar surface area (TPSA) is 144 Å². The van der Waals surface area contributed by atoms with Crippen LogP contribution >= 0.6 is 0 Å². The molecule has 12 heteroatoms. The number of fused-ring (bicyclic) bond motifs is 1. The summed E-state index contributed by atoms with van der Waals surface area (Å²) in [7, 11) is 5.90. The number of aromatic nitrogens is 4. The van der Waals surface area contributed by atoms with E-state index in [0.29, 0.717) is 45.0 Å². The Morgan fingerprint density at radius 2 is 1.78 bits per heavy atom. The van der Waals surface area contributed by atoms with Gasteiger partial charge in [0.05, 0.1) is 34.0 Å². The summed E-state index contributed by atoms with van der Waals surface area (Å²) in [5.41, 5.74) is 1.37. The van der Waals surface area contributed by atoms with E-state index in [1.165, 1.54) is 45.4 Å². The normalized spacial score (nSPS) is 10.4. The quantitative estimate of drug-likeness (QED) is 0.170. The highest BCUT2D eigenvalue weighted by molar-refractivity contribution is 6.16. The number of H-pyrrole nitrogens is 1. The number of hydrogen-bond acceptors (Lipinski definition) is 9. The molecule has 0 amide bonds. The molecule has 0 unspecified atom stereocenters. The molecule has 0 aliphatic heterocycles. The molecule has 0 bridgehead atoms. The van der Waals surface area contributed by atoms with Crippen LogP contribution in [-0.2, 0) is 6.54 Å². The number of carbonyl (C=O) groups is 1. The van der Waals surface area contributed by atoms with E-state index in [2.05, 4.69) is 27.0 Å². The van der Waals surface area contributed by atoms with Crippen LogP contribution in [0.5, 0.6) is 23.0 Å². The van der Waals surface area contributed by atoms with Crippen LogP contribution in [0.25, 0.3) is 10.9 Å². The summed E-state index contributed by atoms with van der Waals surface area (Å²) in [4.78, 5) is 27.6. The van der Waals surface area contributed by atoms with Crippen molar-refractivity contribution >= 4 is 22.6 Å². The molecule has 36 heavy (non-hydrogen) atoms. The van der Waals surface area contributed by atoms with E-state index < -0.39 is 4.92 Å². The van der Waals surface area contributed by atoms with Gasteiger partial charge in [-0.05, 0) is 29.2 Å². The summed E-state index contributed by atoms with van der Waals surface area (Å²) in [5, 5.41) is 18.7. The van der Waals surface area contributed by atoms with E-state index in [1.807, 2.05) is 0 Å². The van der Waals surface area contributed by atoms with Crippen LogP contribution in [-0.4, -0.2) is 58.9 Å². The van der Waals surface area contributed by atoms with Crippen LogP contribution in [0.4, 0.5) is 5.95 Å². The number of hydrogen-bond donors (Lipinski definition) is 1. The van der Waals surface area contributed by atoms with Crippen LogP contribution in [0, 0.1) is 22.0 Å². The number of benzene rings is 2. The Morgan fingerprint density at radius 3 is 2.39 bits per heavy atom. The van der Waals surface area contributed by atoms with Gasteiger partial charge in [0.2, 0.25) is 11.5 Å². The number of ketones is 1. The number of nitrogens with zero attached hydrogens (tertiary/aromatic N) is 4. The molecule has 0 spiro atoms. The Bertz CT molecular complexity index is 1500. The summed E-state index contributed by atoms with van der Waals surface area (Å²) in [6.45, 7) is 0.0253. The molecule has 0 radical (unpaired) electrons. The van der Waals surface area contributed by atoms with Gasteiger partial charge in [0.1, 0.15) is 35.9 Å². The second-order valence-electron chi connectivity index (χ2n) is 7.29. The molecule has 4 aromatic rings. The fourth-order valence-corrected chi connectivity index (χ4v) is 3.69. The monoisotopic (exact) mass is 491 g/mol. The number of ether oxygens (including phenoxy) is 4. The minimum absolute atomic E-state index is 0.0253. The molecule has 2 heterocycles. The van der Waals surface area contributed by atoms with Crippen molar-refractivity contribution in [2.24, 2.45) is 0 Å². The molecule has 12 nitrogen and oxygen atoms in total. The average molecular weight is 491 g/mol. The Labute approximate surface area is 204 Å². The second-order valence-corrected chi connectivity index (χ2v) is 7.29. The van der Waals surface area contributed by atoms with Gasteiger partial charge in [0.15, 0.2) is 11.5 Å². The predicted octanol–water partition coefficient (Wildman–Crippen LogP) is 2.98. The van der Waals surface area contributed by atoms with Crippen LogP contribution < -0.4 is 18.9 Å². The molecule has 0 aliphatic carbocycles. The van der Waals surface area contributed by atoms with E-state index >= 15 is 0 Å². The largest absolute Gasteiger partial charge is 0.495 e. The molecule has 4 rings (SSSR count). The zero-order chi connectivity index (χ0) is 25.8. The van der Waals surface area contributed by atoms with Crippen molar-refractivity contribution in [2.75, 3.05) is 28.4 Å². The van der Waals surface area contributed by atoms with Crippen molar-refractivity contribution in [3.63, 3.8) is 0 Å². The first-order chi connectivity index (χ1) is 17.4. The molecule has 184 valence electrons. The fourth-order valence-electron chi connectivity index (χ4n) is 3.69. The molecule has 0 fully saturated rings. The lowest BCUT2D eigenvalue weighted by molar-refractivity contribution is -0.396. The maximum absolute atomic E-state index is 13.4. The van der Waals surface area contributed by atoms with E-state index in [-0.39, 0.29) is 24.0 Å². The first-order valence-electron chi connectivity index (χ1n) is 10.5. The minimum atomic E-state index is -0.586. The Kier molecular flexibility index (Phi) is 6.73. The third kappa shape index (κ3) is 4.25. The van der Waals surface area contributed by atoms with Crippen molar-refractivity contribution < 1.29 is 28.7 Å². The molecular weight excluding hydrogens is 470 g/mol. The third-order valence-electron chi connectivity index (χ3n) is 5.38. The summed E-state index contributed by atoms with van der Waals surface area (Å²) in [5.74, 6) is 6.66. The van der Waals surface area contributed by atoms with Gasteiger partial charge in [-0.3, -0.25) is 9.89 Å². The number of rotatable bonds is 8. The molecular formula is C24H21N5O7. The van der Waals surface area contributed by atoms with Crippen molar-refractivity contribution in [2.45, 2.75) is 6.54 Å². The number of carbonyl (C=O) groups excluding carboxylic acids is 1. The van der Waals surface area contributed by atoms with Crippen molar-refractivity contribution in [3.8, 4) is 34.8 Å². The summed E-state index contributed by atoms with van der Waals surface area (Å²) in [6.07, 6.45) is 2.79. The highest BCUT2D eigenvalue weighted by Crippen LogP contribution is 2.39. The maximum Gasteiger partial charge on any atom is 0.435 e. The van der Waals surface area contributed by atoms with Gasteiger partial charge < -0.3 is 29.1 Å². The average Bonchev–Trinajstić information content (AvgIpc) is 3.54. The lowest BCUT2D eigenvalue weighted by Gasteiger charge is -2.13. The molecule has 0 atom stereocenters. The lowest BCUT2D eigenvalue weighted by Crippen LogP contribution is -2.05. The first kappa shape index (κ1) is 24.1. The number of imidazole rings is 1. The zero-order valence-corrected chi connectivity index (χ0v) is 19.8. The van der Waals surface area contributed by atoms with E-state index in [1.54, 1.807) is 24.3 Å². The smallest absolute Gasteiger partial charge is 0.435 e. The van der Waals surface area contributed by atoms with E-state index in [0.717, 1.165) is 0 Å². The maximum atomic E-state index is 13.4. The number of aromatic amines is 1. The van der Waals surface area contributed by atoms with Crippen LogP contribution in [0.15, 0.2) is 36.7 Å². The molecule has 2 aromatic carbocycles. The molecule has 0 saturated carbocycles. The van der Waals surface area contributed by atoms with Gasteiger partial charge in [0.25, 0.3) is 0 Å². The van der Waals surface area contributed by atoms with Crippen molar-refractivity contribution in [3.05, 3.63) is 63.6 Å². The standard InChI is InChI=1S/C24H21N5O7/c1-33-17-8-7-16-20(15(17)6-5-10-28-11-9-25-24(28)29(31)32)26-27-21(16)22(30)14-12-18(34-2)23(36-4)19(13-14)35-3/h7-9,11-13H,10H2,1-4H3,(H,26,27). The Morgan fingerprint density at radius 1 is 1.08 bits per heavy atom. The fraction of sp³-hybridized carbons (Fsp3) is 0.208. The molecule has 1 N–H and O–H groups in total. The highest BCUT2D eigenvalue weighted by atomic mass is 16.6. The summed E-state index contributed by atoms with van der Waals surface area (Å²) in [6, 6.07) is 6.49. The van der Waals surface area contributed by atoms with Gasteiger partial charge in [0, 0.05) is 10.9 Å². The van der Waals surface area contributed by atoms with Gasteiger partial charge >= 0.3 is 5.95 Å². The number of methoxy groups -OCH3 is 4. The molecule has 0 saturated heterocycles. The Balaban J connectivity index is 1.75. The van der Waals surface area contributed by atoms with Crippen LogP contribution in [0.2, 0.25) is 0 Å². The summed E-state index contributed by atoms with van der Waals surface area (Å²) < 4.78 is 22.8. The third-order valence-corrected chi connectivity index (χ3v) is 5.38. The minimum Gasteiger partial charge on any atom is -0.495 e. The molecule has 0 aliphatic rings. The second kappa shape index (κ2) is 10.1. The van der Waals surface area contributed by atoms with E-state index in [9.17, 15) is 14.9 Å². The SMILES string of the molecule is COc1cc(C(=O)c2[nH]nc3c(C#CCn4ccnc4[N+](=O)[O-])c(OC)ccc23)cc(OC)c1OC. The summed E-state index contributed by atoms with van der Waals surface area (Å²) >= 11 is 0. The predicted molar refractivity (Wildman–Crippen MR) is 128 cm³/mol. The lowest BCUT2D eigenvalue weighted by atomic mass is 10.0. The first-order valence-corrected chi connectivity index (χ1v) is 10.5. The van der Waals surface area contributed by atoms with Crippen LogP contribution in [0.3, 0.4) is 0 Å². The van der Waals surface area contributed by atoms with Gasteiger partial charge in [-0.1, -0.05) is 16.8 Å². The van der Waals surface area contributed by atoms with E-state index in [4.69, 9.17) is 18.9 Å².